The number of alkyl halides is 1. The van der Waals surface area contributed by atoms with Crippen LogP contribution in [-0.2, 0) is 16.1 Å². The fourth-order valence-corrected chi connectivity index (χ4v) is 4.49. The molecule has 1 atom stereocenters. The van der Waals surface area contributed by atoms with Crippen LogP contribution in [0.25, 0.3) is 0 Å². The molecule has 1 N–H and O–H groups in total. The van der Waals surface area contributed by atoms with Crippen LogP contribution in [0.3, 0.4) is 0 Å². The molecular weight excluding hydrogens is 455 g/mol. The summed E-state index contributed by atoms with van der Waals surface area (Å²) in [6.07, 6.45) is 4.05. The molecule has 4 nitrogen and oxygen atoms in total. The molecule has 1 fully saturated rings. The first-order chi connectivity index (χ1) is 14.9. The summed E-state index contributed by atoms with van der Waals surface area (Å²) in [5.74, 6) is -0.112. The summed E-state index contributed by atoms with van der Waals surface area (Å²) < 4.78 is 0. The van der Waals surface area contributed by atoms with E-state index in [9.17, 15) is 9.59 Å². The van der Waals surface area contributed by atoms with Gasteiger partial charge in [-0.1, -0.05) is 60.5 Å². The van der Waals surface area contributed by atoms with Crippen molar-refractivity contribution in [1.29, 1.82) is 0 Å². The SMILES string of the molecule is CC1CCC(NC(=O)[C@@H](c2ccc(Cl)cc2)N(Cc2ccccc2Cl)C(=O)CCl)CC1. The molecule has 0 unspecified atom stereocenters. The molecule has 7 heteroatoms. The van der Waals surface area contributed by atoms with Gasteiger partial charge in [0.2, 0.25) is 11.8 Å². The van der Waals surface area contributed by atoms with Crippen LogP contribution in [0.5, 0.6) is 0 Å². The van der Waals surface area contributed by atoms with Crippen LogP contribution in [0.1, 0.15) is 49.8 Å². The first-order valence-electron chi connectivity index (χ1n) is 10.5. The maximum absolute atomic E-state index is 13.5. The molecule has 0 saturated heterocycles. The highest BCUT2D eigenvalue weighted by Gasteiger charge is 2.33. The van der Waals surface area contributed by atoms with Crippen LogP contribution in [0.15, 0.2) is 48.5 Å². The molecule has 2 aromatic carbocycles. The summed E-state index contributed by atoms with van der Waals surface area (Å²) in [5.41, 5.74) is 1.43. The number of hydrogen-bond acceptors (Lipinski definition) is 2. The molecule has 0 bridgehead atoms. The van der Waals surface area contributed by atoms with Crippen molar-refractivity contribution in [3.05, 3.63) is 69.7 Å². The number of rotatable bonds is 7. The van der Waals surface area contributed by atoms with E-state index in [0.717, 1.165) is 31.2 Å². The standard InChI is InChI=1S/C24H27Cl3N2O2/c1-16-6-12-20(13-7-16)28-24(31)23(17-8-10-19(26)11-9-17)29(22(30)14-25)15-18-4-2-3-5-21(18)27/h2-5,8-11,16,20,23H,6-7,12-15H2,1H3,(H,28,31)/t16?,20?,23-/m1/s1. The lowest BCUT2D eigenvalue weighted by Gasteiger charge is -2.34. The van der Waals surface area contributed by atoms with Gasteiger partial charge in [0.05, 0.1) is 0 Å². The highest BCUT2D eigenvalue weighted by atomic mass is 35.5. The molecule has 3 rings (SSSR count). The van der Waals surface area contributed by atoms with Crippen LogP contribution in [-0.4, -0.2) is 28.6 Å². The zero-order valence-corrected chi connectivity index (χ0v) is 19.8. The molecule has 166 valence electrons. The Morgan fingerprint density at radius 2 is 1.68 bits per heavy atom. The number of hydrogen-bond donors (Lipinski definition) is 1. The van der Waals surface area contributed by atoms with Gasteiger partial charge >= 0.3 is 0 Å². The second-order valence-corrected chi connectivity index (χ2v) is 9.28. The molecule has 2 aromatic rings. The van der Waals surface area contributed by atoms with Crippen molar-refractivity contribution in [3.8, 4) is 0 Å². The number of nitrogens with one attached hydrogen (secondary N) is 1. The van der Waals surface area contributed by atoms with Crippen molar-refractivity contribution in [2.24, 2.45) is 5.92 Å². The minimum absolute atomic E-state index is 0.103. The minimum Gasteiger partial charge on any atom is -0.351 e. The Balaban J connectivity index is 1.93. The minimum atomic E-state index is -0.834. The van der Waals surface area contributed by atoms with Crippen molar-refractivity contribution in [2.45, 2.75) is 51.2 Å². The Morgan fingerprint density at radius 3 is 2.29 bits per heavy atom. The smallest absolute Gasteiger partial charge is 0.247 e. The molecule has 0 aliphatic heterocycles. The van der Waals surface area contributed by atoms with Gasteiger partial charge in [-0.05, 0) is 60.9 Å². The number of benzene rings is 2. The predicted octanol–water partition coefficient (Wildman–Crippen LogP) is 6.00. The number of carbonyl (C=O) groups excluding carboxylic acids is 2. The van der Waals surface area contributed by atoms with Crippen molar-refractivity contribution in [3.63, 3.8) is 0 Å². The van der Waals surface area contributed by atoms with E-state index in [1.165, 1.54) is 4.90 Å². The average molecular weight is 482 g/mol. The Hall–Kier alpha value is -1.75. The largest absolute Gasteiger partial charge is 0.351 e. The number of nitrogens with zero attached hydrogens (tertiary/aromatic N) is 1. The maximum Gasteiger partial charge on any atom is 0.247 e. The summed E-state index contributed by atoms with van der Waals surface area (Å²) in [6.45, 7) is 2.41. The zero-order chi connectivity index (χ0) is 22.4. The van der Waals surface area contributed by atoms with Crippen LogP contribution in [0.2, 0.25) is 10.0 Å². The topological polar surface area (TPSA) is 49.4 Å². The fourth-order valence-electron chi connectivity index (χ4n) is 4.01. The normalized spacial score (nSPS) is 19.5. The number of halogens is 3. The van der Waals surface area contributed by atoms with Gasteiger partial charge in [-0.2, -0.15) is 0 Å². The quantitative estimate of drug-likeness (QED) is 0.493. The van der Waals surface area contributed by atoms with Crippen LogP contribution < -0.4 is 5.32 Å². The van der Waals surface area contributed by atoms with Crippen molar-refractivity contribution in [2.75, 3.05) is 5.88 Å². The van der Waals surface area contributed by atoms with E-state index in [-0.39, 0.29) is 30.3 Å². The summed E-state index contributed by atoms with van der Waals surface area (Å²) in [6, 6.07) is 13.5. The van der Waals surface area contributed by atoms with E-state index in [0.29, 0.717) is 21.5 Å². The van der Waals surface area contributed by atoms with Crippen molar-refractivity contribution >= 4 is 46.6 Å². The Bertz CT molecular complexity index is 896. The zero-order valence-electron chi connectivity index (χ0n) is 17.5. The van der Waals surface area contributed by atoms with Crippen LogP contribution >= 0.6 is 34.8 Å². The van der Waals surface area contributed by atoms with Crippen molar-refractivity contribution < 1.29 is 9.59 Å². The molecule has 1 aliphatic carbocycles. The molecular formula is C24H27Cl3N2O2. The fraction of sp³-hybridized carbons (Fsp3) is 0.417. The number of carbonyl (C=O) groups is 2. The lowest BCUT2D eigenvalue weighted by Crippen LogP contribution is -2.47. The molecule has 31 heavy (non-hydrogen) atoms. The second-order valence-electron chi connectivity index (χ2n) is 8.17. The van der Waals surface area contributed by atoms with Gasteiger partial charge in [0.1, 0.15) is 11.9 Å². The lowest BCUT2D eigenvalue weighted by molar-refractivity contribution is -0.140. The van der Waals surface area contributed by atoms with Gasteiger partial charge in [0.15, 0.2) is 0 Å². The van der Waals surface area contributed by atoms with Gasteiger partial charge in [0.25, 0.3) is 0 Å². The van der Waals surface area contributed by atoms with E-state index in [4.69, 9.17) is 34.8 Å². The van der Waals surface area contributed by atoms with E-state index in [2.05, 4.69) is 12.2 Å². The summed E-state index contributed by atoms with van der Waals surface area (Å²) in [7, 11) is 0. The van der Waals surface area contributed by atoms with Gasteiger partial charge < -0.3 is 10.2 Å². The molecule has 0 heterocycles. The predicted molar refractivity (Wildman–Crippen MR) is 126 cm³/mol. The summed E-state index contributed by atoms with van der Waals surface area (Å²) in [5, 5.41) is 4.26. The van der Waals surface area contributed by atoms with E-state index in [1.807, 2.05) is 18.2 Å². The first-order valence-corrected chi connectivity index (χ1v) is 11.8. The van der Waals surface area contributed by atoms with Gasteiger partial charge in [-0.15, -0.1) is 11.6 Å². The molecule has 2 amide bonds. The first kappa shape index (κ1) is 23.9. The van der Waals surface area contributed by atoms with Gasteiger partial charge in [0, 0.05) is 22.6 Å². The van der Waals surface area contributed by atoms with Gasteiger partial charge in [-0.3, -0.25) is 9.59 Å². The van der Waals surface area contributed by atoms with Gasteiger partial charge in [-0.25, -0.2) is 0 Å². The molecule has 1 aliphatic rings. The Kier molecular flexibility index (Phi) is 8.65. The highest BCUT2D eigenvalue weighted by molar-refractivity contribution is 6.31. The maximum atomic E-state index is 13.5. The summed E-state index contributed by atoms with van der Waals surface area (Å²) >= 11 is 18.4. The molecule has 0 spiro atoms. The summed E-state index contributed by atoms with van der Waals surface area (Å²) in [4.78, 5) is 27.9. The Morgan fingerprint density at radius 1 is 1.03 bits per heavy atom. The van der Waals surface area contributed by atoms with E-state index in [1.54, 1.807) is 30.3 Å². The average Bonchev–Trinajstić information content (AvgIpc) is 2.77. The number of amides is 2. The van der Waals surface area contributed by atoms with Crippen LogP contribution in [0.4, 0.5) is 0 Å². The monoisotopic (exact) mass is 480 g/mol. The van der Waals surface area contributed by atoms with Crippen LogP contribution in [0, 0.1) is 5.92 Å². The second kappa shape index (κ2) is 11.2. The molecule has 0 aromatic heterocycles. The lowest BCUT2D eigenvalue weighted by atomic mass is 9.87. The van der Waals surface area contributed by atoms with Crippen molar-refractivity contribution in [1.82, 2.24) is 10.2 Å². The highest BCUT2D eigenvalue weighted by Crippen LogP contribution is 2.29. The van der Waals surface area contributed by atoms with E-state index < -0.39 is 6.04 Å². The molecule has 0 radical (unpaired) electrons. The molecule has 1 saturated carbocycles. The third kappa shape index (κ3) is 6.38. The third-order valence-corrected chi connectivity index (χ3v) is 6.69. The Labute approximate surface area is 198 Å². The third-order valence-electron chi connectivity index (χ3n) is 5.84. The van der Waals surface area contributed by atoms with E-state index >= 15 is 0 Å².